The van der Waals surface area contributed by atoms with Crippen LogP contribution in [0.2, 0.25) is 0 Å². The van der Waals surface area contributed by atoms with Crippen molar-refractivity contribution in [3.63, 3.8) is 0 Å². The number of ketones is 1. The molecular weight excluding hydrogens is 272 g/mol. The summed E-state index contributed by atoms with van der Waals surface area (Å²) in [5.74, 6) is 0.230. The van der Waals surface area contributed by atoms with Crippen LogP contribution in [0.3, 0.4) is 0 Å². The lowest BCUT2D eigenvalue weighted by Gasteiger charge is -1.96. The summed E-state index contributed by atoms with van der Waals surface area (Å²) in [6, 6.07) is 4.26. The monoisotopic (exact) mass is 290 g/mol. The van der Waals surface area contributed by atoms with E-state index in [1.165, 1.54) is 34.6 Å². The van der Waals surface area contributed by atoms with Crippen molar-refractivity contribution in [2.75, 3.05) is 0 Å². The molecular formula is C16H18OS2. The molecule has 2 aromatic rings. The van der Waals surface area contributed by atoms with Crippen molar-refractivity contribution in [2.24, 2.45) is 0 Å². The lowest BCUT2D eigenvalue weighted by atomic mass is 10.1. The molecule has 0 spiro atoms. The van der Waals surface area contributed by atoms with Gasteiger partial charge in [0.05, 0.1) is 9.75 Å². The molecule has 3 rings (SSSR count). The highest BCUT2D eigenvalue weighted by atomic mass is 32.1. The quantitative estimate of drug-likeness (QED) is 0.566. The fourth-order valence-corrected chi connectivity index (χ4v) is 5.00. The van der Waals surface area contributed by atoms with Crippen molar-refractivity contribution in [1.82, 2.24) is 0 Å². The first kappa shape index (κ1) is 13.1. The fourth-order valence-electron chi connectivity index (χ4n) is 2.76. The number of rotatable bonds is 2. The first-order valence-corrected chi connectivity index (χ1v) is 8.52. The Labute approximate surface area is 122 Å². The second-order valence-electron chi connectivity index (χ2n) is 5.32. The largest absolute Gasteiger partial charge is 0.287 e. The third-order valence-electron chi connectivity index (χ3n) is 3.72. The Morgan fingerprint density at radius 2 is 1.84 bits per heavy atom. The van der Waals surface area contributed by atoms with E-state index in [9.17, 15) is 4.79 Å². The van der Waals surface area contributed by atoms with Gasteiger partial charge in [0, 0.05) is 9.75 Å². The topological polar surface area (TPSA) is 17.1 Å². The van der Waals surface area contributed by atoms with Crippen LogP contribution in [0, 0.1) is 13.8 Å². The Morgan fingerprint density at radius 1 is 1.05 bits per heavy atom. The summed E-state index contributed by atoms with van der Waals surface area (Å²) in [7, 11) is 0. The van der Waals surface area contributed by atoms with E-state index in [0.29, 0.717) is 0 Å². The van der Waals surface area contributed by atoms with Crippen LogP contribution < -0.4 is 0 Å². The molecule has 0 radical (unpaired) electrons. The van der Waals surface area contributed by atoms with Crippen LogP contribution in [0.15, 0.2) is 12.1 Å². The molecule has 0 aromatic carbocycles. The smallest absolute Gasteiger partial charge is 0.213 e. The van der Waals surface area contributed by atoms with Gasteiger partial charge in [0.2, 0.25) is 5.78 Å². The van der Waals surface area contributed by atoms with Gasteiger partial charge in [-0.15, -0.1) is 22.7 Å². The van der Waals surface area contributed by atoms with E-state index in [4.69, 9.17) is 0 Å². The lowest BCUT2D eigenvalue weighted by molar-refractivity contribution is 0.104. The highest BCUT2D eigenvalue weighted by Gasteiger charge is 2.20. The fraction of sp³-hybridized carbons (Fsp3) is 0.438. The van der Waals surface area contributed by atoms with Crippen LogP contribution in [0.5, 0.6) is 0 Å². The maximum Gasteiger partial charge on any atom is 0.213 e. The molecule has 0 aliphatic heterocycles. The maximum absolute atomic E-state index is 12.6. The zero-order chi connectivity index (χ0) is 13.4. The van der Waals surface area contributed by atoms with E-state index < -0.39 is 0 Å². The minimum atomic E-state index is 0.230. The number of hydrogen-bond donors (Lipinski definition) is 0. The van der Waals surface area contributed by atoms with Gasteiger partial charge in [0.1, 0.15) is 0 Å². The van der Waals surface area contributed by atoms with Gasteiger partial charge in [-0.1, -0.05) is 6.42 Å². The van der Waals surface area contributed by atoms with Crippen molar-refractivity contribution in [2.45, 2.75) is 46.0 Å². The number of thiophene rings is 2. The average Bonchev–Trinajstić information content (AvgIpc) is 2.85. The van der Waals surface area contributed by atoms with Gasteiger partial charge >= 0.3 is 0 Å². The molecule has 1 nitrogen and oxygen atoms in total. The molecule has 0 amide bonds. The van der Waals surface area contributed by atoms with E-state index >= 15 is 0 Å². The number of aryl methyl sites for hydroxylation is 4. The third kappa shape index (κ3) is 2.54. The Bertz CT molecular complexity index is 595. The average molecular weight is 290 g/mol. The summed E-state index contributed by atoms with van der Waals surface area (Å²) in [6.07, 6.45) is 6.19. The van der Waals surface area contributed by atoms with Crippen molar-refractivity contribution in [3.05, 3.63) is 42.8 Å². The predicted molar refractivity (Wildman–Crippen MR) is 82.8 cm³/mol. The van der Waals surface area contributed by atoms with Crippen LogP contribution in [-0.2, 0) is 12.8 Å². The Hall–Kier alpha value is -0.930. The van der Waals surface area contributed by atoms with Crippen molar-refractivity contribution >= 4 is 28.5 Å². The molecule has 0 bridgehead atoms. The Balaban J connectivity index is 1.94. The van der Waals surface area contributed by atoms with E-state index in [1.54, 1.807) is 22.7 Å². The second kappa shape index (κ2) is 5.22. The SMILES string of the molecule is Cc1cc(C)c(C(=O)c2cc3c(s2)CCCCC3)s1. The molecule has 0 atom stereocenters. The molecule has 0 N–H and O–H groups in total. The van der Waals surface area contributed by atoms with E-state index in [2.05, 4.69) is 19.1 Å². The maximum atomic E-state index is 12.6. The van der Waals surface area contributed by atoms with Crippen LogP contribution >= 0.6 is 22.7 Å². The first-order chi connectivity index (χ1) is 9.15. The van der Waals surface area contributed by atoms with Crippen molar-refractivity contribution in [3.8, 4) is 0 Å². The lowest BCUT2D eigenvalue weighted by Crippen LogP contribution is -1.97. The summed E-state index contributed by atoms with van der Waals surface area (Å²) in [4.78, 5) is 17.1. The van der Waals surface area contributed by atoms with Crippen LogP contribution in [0.1, 0.15) is 54.7 Å². The molecule has 0 fully saturated rings. The summed E-state index contributed by atoms with van der Waals surface area (Å²) >= 11 is 3.35. The van der Waals surface area contributed by atoms with Crippen LogP contribution in [0.4, 0.5) is 0 Å². The molecule has 0 unspecified atom stereocenters. The highest BCUT2D eigenvalue weighted by Crippen LogP contribution is 2.32. The van der Waals surface area contributed by atoms with Gasteiger partial charge in [-0.25, -0.2) is 0 Å². The molecule has 100 valence electrons. The van der Waals surface area contributed by atoms with Gasteiger partial charge in [-0.3, -0.25) is 4.79 Å². The number of hydrogen-bond acceptors (Lipinski definition) is 3. The third-order valence-corrected chi connectivity index (χ3v) is 6.10. The number of carbonyl (C=O) groups is 1. The molecule has 2 aromatic heterocycles. The van der Waals surface area contributed by atoms with Crippen molar-refractivity contribution < 1.29 is 4.79 Å². The van der Waals surface area contributed by atoms with Crippen molar-refractivity contribution in [1.29, 1.82) is 0 Å². The molecule has 2 heterocycles. The Kier molecular flexibility index (Phi) is 3.59. The van der Waals surface area contributed by atoms with E-state index in [1.807, 2.05) is 6.92 Å². The van der Waals surface area contributed by atoms with Gasteiger partial charge in [0.15, 0.2) is 0 Å². The molecule has 19 heavy (non-hydrogen) atoms. The van der Waals surface area contributed by atoms with Gasteiger partial charge in [-0.05, 0) is 62.8 Å². The van der Waals surface area contributed by atoms with Crippen LogP contribution in [-0.4, -0.2) is 5.78 Å². The molecule has 1 aliphatic carbocycles. The Morgan fingerprint density at radius 3 is 2.58 bits per heavy atom. The summed E-state index contributed by atoms with van der Waals surface area (Å²) < 4.78 is 0. The summed E-state index contributed by atoms with van der Waals surface area (Å²) in [6.45, 7) is 4.10. The van der Waals surface area contributed by atoms with Gasteiger partial charge in [0.25, 0.3) is 0 Å². The highest BCUT2D eigenvalue weighted by molar-refractivity contribution is 7.17. The van der Waals surface area contributed by atoms with Gasteiger partial charge < -0.3 is 0 Å². The number of fused-ring (bicyclic) bond motifs is 1. The van der Waals surface area contributed by atoms with E-state index in [0.717, 1.165) is 28.2 Å². The summed E-state index contributed by atoms with van der Waals surface area (Å²) in [5.41, 5.74) is 2.55. The standard InChI is InChI=1S/C16H18OS2/c1-10-8-11(2)18-16(10)15(17)14-9-12-6-4-3-5-7-13(12)19-14/h8-9H,3-7H2,1-2H3. The minimum Gasteiger partial charge on any atom is -0.287 e. The summed E-state index contributed by atoms with van der Waals surface area (Å²) in [5, 5.41) is 0. The second-order valence-corrected chi connectivity index (χ2v) is 7.71. The molecule has 1 aliphatic rings. The normalized spacial score (nSPS) is 15.1. The van der Waals surface area contributed by atoms with E-state index in [-0.39, 0.29) is 5.78 Å². The van der Waals surface area contributed by atoms with Gasteiger partial charge in [-0.2, -0.15) is 0 Å². The molecule has 0 saturated heterocycles. The molecule has 0 saturated carbocycles. The first-order valence-electron chi connectivity index (χ1n) is 6.88. The van der Waals surface area contributed by atoms with Crippen LogP contribution in [0.25, 0.3) is 0 Å². The minimum absolute atomic E-state index is 0.230. The molecule has 3 heteroatoms. The zero-order valence-electron chi connectivity index (χ0n) is 11.4. The number of carbonyl (C=O) groups excluding carboxylic acids is 1. The zero-order valence-corrected chi connectivity index (χ0v) is 13.0. The predicted octanol–water partition coefficient (Wildman–Crippen LogP) is 4.93.